The quantitative estimate of drug-likeness (QED) is 0.641. The maximum Gasteiger partial charge on any atom is 0.261 e. The van der Waals surface area contributed by atoms with Crippen LogP contribution in [-0.2, 0) is 4.79 Å². The number of hydrogen-bond donors (Lipinski definition) is 1. The summed E-state index contributed by atoms with van der Waals surface area (Å²) in [5, 5.41) is 3.83. The van der Waals surface area contributed by atoms with E-state index in [1.807, 2.05) is 42.0 Å². The number of hydrogen-bond acceptors (Lipinski definition) is 3. The minimum atomic E-state index is -0.698. The van der Waals surface area contributed by atoms with E-state index in [0.717, 1.165) is 11.3 Å². The molecule has 2 aromatic carbocycles. The lowest BCUT2D eigenvalue weighted by atomic mass is 10.1. The number of nitrogens with zero attached hydrogens (tertiary/aromatic N) is 2. The molecule has 0 bridgehead atoms. The standard InChI is InChI=1S/C20H19Cl2N3O2/c1-13(15-3-6-17(7-4-15)25-10-9-23-12-25)24-20(26)14(2)27-19-8-5-16(21)11-18(19)22/h3-14H,1-2H3,(H,24,26). The number of rotatable bonds is 6. The van der Waals surface area contributed by atoms with Crippen LogP contribution in [0.3, 0.4) is 0 Å². The highest BCUT2D eigenvalue weighted by molar-refractivity contribution is 6.35. The van der Waals surface area contributed by atoms with Gasteiger partial charge in [0.1, 0.15) is 5.75 Å². The second kappa shape index (κ2) is 8.46. The molecule has 0 aliphatic rings. The number of halogens is 2. The maximum atomic E-state index is 12.4. The maximum absolute atomic E-state index is 12.4. The molecule has 0 saturated carbocycles. The van der Waals surface area contributed by atoms with Gasteiger partial charge in [0.25, 0.3) is 5.91 Å². The summed E-state index contributed by atoms with van der Waals surface area (Å²) < 4.78 is 7.57. The summed E-state index contributed by atoms with van der Waals surface area (Å²) in [6, 6.07) is 12.6. The smallest absolute Gasteiger partial charge is 0.261 e. The van der Waals surface area contributed by atoms with Crippen molar-refractivity contribution in [1.82, 2.24) is 14.9 Å². The van der Waals surface area contributed by atoms with Crippen LogP contribution in [0, 0.1) is 0 Å². The third-order valence-electron chi connectivity index (χ3n) is 4.12. The van der Waals surface area contributed by atoms with E-state index >= 15 is 0 Å². The first-order valence-electron chi connectivity index (χ1n) is 8.44. The topological polar surface area (TPSA) is 56.1 Å². The molecule has 1 aromatic heterocycles. The Morgan fingerprint density at radius 1 is 1.15 bits per heavy atom. The number of imidazole rings is 1. The molecule has 7 heteroatoms. The van der Waals surface area contributed by atoms with Crippen molar-refractivity contribution in [3.8, 4) is 11.4 Å². The summed E-state index contributed by atoms with van der Waals surface area (Å²) >= 11 is 12.0. The summed E-state index contributed by atoms with van der Waals surface area (Å²) in [5.74, 6) is 0.188. The molecule has 3 aromatic rings. The summed E-state index contributed by atoms with van der Waals surface area (Å²) in [6.07, 6.45) is 4.64. The highest BCUT2D eigenvalue weighted by atomic mass is 35.5. The number of ether oxygens (including phenoxy) is 1. The van der Waals surface area contributed by atoms with Gasteiger partial charge in [-0.05, 0) is 49.7 Å². The van der Waals surface area contributed by atoms with Crippen molar-refractivity contribution < 1.29 is 9.53 Å². The summed E-state index contributed by atoms with van der Waals surface area (Å²) in [6.45, 7) is 3.60. The normalized spacial score (nSPS) is 13.0. The lowest BCUT2D eigenvalue weighted by molar-refractivity contribution is -0.127. The van der Waals surface area contributed by atoms with Crippen LogP contribution >= 0.6 is 23.2 Å². The Labute approximate surface area is 167 Å². The molecule has 0 radical (unpaired) electrons. The van der Waals surface area contributed by atoms with Gasteiger partial charge in [-0.3, -0.25) is 4.79 Å². The molecule has 2 unspecified atom stereocenters. The predicted molar refractivity (Wildman–Crippen MR) is 107 cm³/mol. The molecular formula is C20H19Cl2N3O2. The van der Waals surface area contributed by atoms with E-state index in [2.05, 4.69) is 10.3 Å². The third-order valence-corrected chi connectivity index (χ3v) is 4.65. The van der Waals surface area contributed by atoms with Gasteiger partial charge < -0.3 is 14.6 Å². The molecule has 140 valence electrons. The average molecular weight is 404 g/mol. The van der Waals surface area contributed by atoms with E-state index in [4.69, 9.17) is 27.9 Å². The third kappa shape index (κ3) is 4.81. The van der Waals surface area contributed by atoms with E-state index in [1.165, 1.54) is 0 Å². The number of aromatic nitrogens is 2. The molecule has 1 amide bonds. The van der Waals surface area contributed by atoms with Gasteiger partial charge in [0.15, 0.2) is 6.10 Å². The Morgan fingerprint density at radius 3 is 2.52 bits per heavy atom. The highest BCUT2D eigenvalue weighted by Crippen LogP contribution is 2.28. The minimum Gasteiger partial charge on any atom is -0.479 e. The van der Waals surface area contributed by atoms with Gasteiger partial charge >= 0.3 is 0 Å². The largest absolute Gasteiger partial charge is 0.479 e. The van der Waals surface area contributed by atoms with Crippen molar-refractivity contribution in [3.05, 3.63) is 76.8 Å². The molecule has 1 N–H and O–H groups in total. The number of carbonyl (C=O) groups excluding carboxylic acids is 1. The van der Waals surface area contributed by atoms with E-state index in [-0.39, 0.29) is 11.9 Å². The molecule has 5 nitrogen and oxygen atoms in total. The predicted octanol–water partition coefficient (Wildman–Crippen LogP) is 4.82. The first-order valence-corrected chi connectivity index (χ1v) is 9.20. The van der Waals surface area contributed by atoms with Gasteiger partial charge in [0.05, 0.1) is 17.4 Å². The molecule has 0 fully saturated rings. The molecule has 2 atom stereocenters. The molecule has 0 aliphatic heterocycles. The van der Waals surface area contributed by atoms with E-state index in [1.54, 1.807) is 37.6 Å². The van der Waals surface area contributed by atoms with E-state index < -0.39 is 6.10 Å². The second-order valence-electron chi connectivity index (χ2n) is 6.13. The van der Waals surface area contributed by atoms with Gasteiger partial charge in [-0.1, -0.05) is 35.3 Å². The van der Waals surface area contributed by atoms with Crippen molar-refractivity contribution >= 4 is 29.1 Å². The van der Waals surface area contributed by atoms with Crippen LogP contribution in [0.2, 0.25) is 10.0 Å². The zero-order valence-corrected chi connectivity index (χ0v) is 16.4. The van der Waals surface area contributed by atoms with Gasteiger partial charge in [0, 0.05) is 23.1 Å². The minimum absolute atomic E-state index is 0.166. The molecular weight excluding hydrogens is 385 g/mol. The molecule has 3 rings (SSSR count). The second-order valence-corrected chi connectivity index (χ2v) is 6.97. The van der Waals surface area contributed by atoms with E-state index in [9.17, 15) is 4.79 Å². The van der Waals surface area contributed by atoms with Crippen LogP contribution in [-0.4, -0.2) is 21.6 Å². The first kappa shape index (κ1) is 19.3. The summed E-state index contributed by atoms with van der Waals surface area (Å²) in [4.78, 5) is 16.5. The van der Waals surface area contributed by atoms with Crippen LogP contribution in [0.4, 0.5) is 0 Å². The Kier molecular flexibility index (Phi) is 6.04. The Morgan fingerprint density at radius 2 is 1.89 bits per heavy atom. The van der Waals surface area contributed by atoms with Crippen molar-refractivity contribution in [2.24, 2.45) is 0 Å². The Bertz CT molecular complexity index is 911. The number of amides is 1. The van der Waals surface area contributed by atoms with E-state index in [0.29, 0.717) is 15.8 Å². The zero-order chi connectivity index (χ0) is 19.4. The Hall–Kier alpha value is -2.50. The molecule has 0 aliphatic carbocycles. The first-order chi connectivity index (χ1) is 12.9. The summed E-state index contributed by atoms with van der Waals surface area (Å²) in [5.41, 5.74) is 1.99. The number of nitrogens with one attached hydrogen (secondary N) is 1. The van der Waals surface area contributed by atoms with Crippen molar-refractivity contribution in [1.29, 1.82) is 0 Å². The fourth-order valence-corrected chi connectivity index (χ4v) is 3.03. The van der Waals surface area contributed by atoms with Gasteiger partial charge in [-0.15, -0.1) is 0 Å². The van der Waals surface area contributed by atoms with Crippen molar-refractivity contribution in [2.75, 3.05) is 0 Å². The average Bonchev–Trinajstić information content (AvgIpc) is 3.18. The Balaban J connectivity index is 1.61. The molecule has 0 spiro atoms. The molecule has 0 saturated heterocycles. The van der Waals surface area contributed by atoms with Crippen LogP contribution < -0.4 is 10.1 Å². The fraction of sp³-hybridized carbons (Fsp3) is 0.200. The number of carbonyl (C=O) groups is 1. The monoisotopic (exact) mass is 403 g/mol. The summed E-state index contributed by atoms with van der Waals surface area (Å²) in [7, 11) is 0. The highest BCUT2D eigenvalue weighted by Gasteiger charge is 2.19. The fourth-order valence-electron chi connectivity index (χ4n) is 2.58. The zero-order valence-electron chi connectivity index (χ0n) is 14.9. The van der Waals surface area contributed by atoms with Gasteiger partial charge in [-0.2, -0.15) is 0 Å². The van der Waals surface area contributed by atoms with Crippen molar-refractivity contribution in [2.45, 2.75) is 26.0 Å². The lowest BCUT2D eigenvalue weighted by Crippen LogP contribution is -2.37. The van der Waals surface area contributed by atoms with Crippen LogP contribution in [0.25, 0.3) is 5.69 Å². The SMILES string of the molecule is CC(Oc1ccc(Cl)cc1Cl)C(=O)NC(C)c1ccc(-n2ccnc2)cc1. The molecule has 27 heavy (non-hydrogen) atoms. The van der Waals surface area contributed by atoms with Gasteiger partial charge in [-0.25, -0.2) is 4.98 Å². The van der Waals surface area contributed by atoms with Gasteiger partial charge in [0.2, 0.25) is 0 Å². The number of benzene rings is 2. The lowest BCUT2D eigenvalue weighted by Gasteiger charge is -2.20. The van der Waals surface area contributed by atoms with Crippen molar-refractivity contribution in [3.63, 3.8) is 0 Å². The molecule has 1 heterocycles. The van der Waals surface area contributed by atoms with Crippen LogP contribution in [0.1, 0.15) is 25.5 Å². The van der Waals surface area contributed by atoms with Crippen LogP contribution in [0.5, 0.6) is 5.75 Å². The van der Waals surface area contributed by atoms with Crippen LogP contribution in [0.15, 0.2) is 61.2 Å².